The molecule has 0 bridgehead atoms. The van der Waals surface area contributed by atoms with Crippen molar-refractivity contribution in [2.24, 2.45) is 0 Å². The van der Waals surface area contributed by atoms with Crippen LogP contribution in [0.15, 0.2) is 36.4 Å². The third-order valence-corrected chi connectivity index (χ3v) is 2.55. The van der Waals surface area contributed by atoms with Crippen molar-refractivity contribution in [2.75, 3.05) is 19.6 Å². The second-order valence-corrected chi connectivity index (χ2v) is 3.73. The van der Waals surface area contributed by atoms with E-state index in [2.05, 4.69) is 0 Å². The molecule has 3 heteroatoms. The highest BCUT2D eigenvalue weighted by Crippen LogP contribution is 2.32. The Morgan fingerprint density at radius 3 is 2.25 bits per heavy atom. The van der Waals surface area contributed by atoms with Gasteiger partial charge in [-0.2, -0.15) is 0 Å². The quantitative estimate of drug-likeness (QED) is 0.757. The highest BCUT2D eigenvalue weighted by molar-refractivity contribution is 6.18. The van der Waals surface area contributed by atoms with Crippen molar-refractivity contribution >= 4 is 22.4 Å². The van der Waals surface area contributed by atoms with Gasteiger partial charge in [0, 0.05) is 10.8 Å². The molecule has 0 saturated carbocycles. The molecule has 0 amide bonds. The summed E-state index contributed by atoms with van der Waals surface area (Å²) in [6.07, 6.45) is 0. The van der Waals surface area contributed by atoms with E-state index in [-0.39, 0.29) is 0 Å². The number of methoxy groups -OCH3 is 1. The molecule has 0 N–H and O–H groups in total. The molecule has 0 aliphatic rings. The number of hydrogen-bond donors (Lipinski definition) is 0. The Kier molecular flexibility index (Phi) is 3.52. The first-order valence-corrected chi connectivity index (χ1v) is 5.64. The van der Waals surface area contributed by atoms with E-state index in [4.69, 9.17) is 21.1 Å². The second kappa shape index (κ2) is 5.08. The third kappa shape index (κ3) is 2.07. The van der Waals surface area contributed by atoms with Crippen LogP contribution in [0, 0.1) is 0 Å². The number of hydrogen-bond acceptors (Lipinski definition) is 2. The number of benzene rings is 2. The minimum Gasteiger partial charge on any atom is -0.496 e. The number of halogens is 1. The zero-order chi connectivity index (χ0) is 11.4. The van der Waals surface area contributed by atoms with E-state index < -0.39 is 0 Å². The van der Waals surface area contributed by atoms with Gasteiger partial charge in [0.05, 0.1) is 13.0 Å². The smallest absolute Gasteiger partial charge is 0.127 e. The van der Waals surface area contributed by atoms with Gasteiger partial charge >= 0.3 is 0 Å². The average molecular weight is 237 g/mol. The van der Waals surface area contributed by atoms with Crippen molar-refractivity contribution < 1.29 is 9.47 Å². The molecule has 0 heterocycles. The lowest BCUT2D eigenvalue weighted by molar-refractivity contribution is 0.346. The topological polar surface area (TPSA) is 18.5 Å². The SMILES string of the molecule is COc1ccc(OCCCl)c2ccccc12. The van der Waals surface area contributed by atoms with Crippen LogP contribution >= 0.6 is 11.6 Å². The second-order valence-electron chi connectivity index (χ2n) is 3.35. The van der Waals surface area contributed by atoms with Gasteiger partial charge in [-0.25, -0.2) is 0 Å². The van der Waals surface area contributed by atoms with E-state index in [9.17, 15) is 0 Å². The highest BCUT2D eigenvalue weighted by atomic mass is 35.5. The van der Waals surface area contributed by atoms with Crippen molar-refractivity contribution in [3.63, 3.8) is 0 Å². The molecule has 0 aliphatic carbocycles. The summed E-state index contributed by atoms with van der Waals surface area (Å²) >= 11 is 5.61. The minimum absolute atomic E-state index is 0.486. The summed E-state index contributed by atoms with van der Waals surface area (Å²) in [5, 5.41) is 2.10. The van der Waals surface area contributed by atoms with Gasteiger partial charge in [-0.3, -0.25) is 0 Å². The first kappa shape index (κ1) is 11.1. The summed E-state index contributed by atoms with van der Waals surface area (Å²) in [5.74, 6) is 2.19. The Bertz CT molecular complexity index is 482. The predicted molar refractivity (Wildman–Crippen MR) is 66.7 cm³/mol. The van der Waals surface area contributed by atoms with Crippen molar-refractivity contribution in [1.29, 1.82) is 0 Å². The van der Waals surface area contributed by atoms with Gasteiger partial charge < -0.3 is 9.47 Å². The standard InChI is InChI=1S/C13H13ClO2/c1-15-12-6-7-13(16-9-8-14)11-5-3-2-4-10(11)12/h2-7H,8-9H2,1H3. The zero-order valence-corrected chi connectivity index (χ0v) is 9.83. The fraction of sp³-hybridized carbons (Fsp3) is 0.231. The lowest BCUT2D eigenvalue weighted by atomic mass is 10.1. The Hall–Kier alpha value is -1.41. The van der Waals surface area contributed by atoms with Gasteiger partial charge in [-0.15, -0.1) is 11.6 Å². The van der Waals surface area contributed by atoms with Gasteiger partial charge in [0.2, 0.25) is 0 Å². The number of rotatable bonds is 4. The fourth-order valence-corrected chi connectivity index (χ4v) is 1.77. The maximum atomic E-state index is 5.61. The molecule has 2 rings (SSSR count). The Balaban J connectivity index is 2.51. The Labute approximate surface area is 99.7 Å². The van der Waals surface area contributed by atoms with Gasteiger partial charge in [0.15, 0.2) is 0 Å². The number of ether oxygens (including phenoxy) is 2. The number of alkyl halides is 1. The third-order valence-electron chi connectivity index (χ3n) is 2.40. The fourth-order valence-electron chi connectivity index (χ4n) is 1.70. The van der Waals surface area contributed by atoms with Crippen LogP contribution in [-0.4, -0.2) is 19.6 Å². The van der Waals surface area contributed by atoms with Crippen LogP contribution in [-0.2, 0) is 0 Å². The van der Waals surface area contributed by atoms with Crippen LogP contribution in [0.3, 0.4) is 0 Å². The molecule has 84 valence electrons. The summed E-state index contributed by atoms with van der Waals surface area (Å²) in [6, 6.07) is 11.8. The molecule has 2 nitrogen and oxygen atoms in total. The van der Waals surface area contributed by atoms with Crippen molar-refractivity contribution in [3.05, 3.63) is 36.4 Å². The molecule has 0 saturated heterocycles. The van der Waals surface area contributed by atoms with E-state index in [0.717, 1.165) is 22.3 Å². The van der Waals surface area contributed by atoms with E-state index >= 15 is 0 Å². The van der Waals surface area contributed by atoms with Crippen molar-refractivity contribution in [3.8, 4) is 11.5 Å². The van der Waals surface area contributed by atoms with Crippen molar-refractivity contribution in [1.82, 2.24) is 0 Å². The molecule has 0 atom stereocenters. The average Bonchev–Trinajstić information content (AvgIpc) is 2.36. The van der Waals surface area contributed by atoms with Gasteiger partial charge in [-0.05, 0) is 12.1 Å². The van der Waals surface area contributed by atoms with Gasteiger partial charge in [-0.1, -0.05) is 24.3 Å². The molecule has 2 aromatic rings. The first-order chi connectivity index (χ1) is 7.86. The zero-order valence-electron chi connectivity index (χ0n) is 9.07. The molecule has 16 heavy (non-hydrogen) atoms. The van der Waals surface area contributed by atoms with Crippen molar-refractivity contribution in [2.45, 2.75) is 0 Å². The predicted octanol–water partition coefficient (Wildman–Crippen LogP) is 3.47. The van der Waals surface area contributed by atoms with Gasteiger partial charge in [0.1, 0.15) is 18.1 Å². The van der Waals surface area contributed by atoms with Crippen LogP contribution in [0.4, 0.5) is 0 Å². The highest BCUT2D eigenvalue weighted by Gasteiger charge is 2.06. The van der Waals surface area contributed by atoms with Crippen LogP contribution < -0.4 is 9.47 Å². The molecular formula is C13H13ClO2. The van der Waals surface area contributed by atoms with E-state index in [0.29, 0.717) is 12.5 Å². The summed E-state index contributed by atoms with van der Waals surface area (Å²) in [6.45, 7) is 0.512. The first-order valence-electron chi connectivity index (χ1n) is 5.11. The Morgan fingerprint density at radius 1 is 1.00 bits per heavy atom. The van der Waals surface area contributed by atoms with Crippen LogP contribution in [0.2, 0.25) is 0 Å². The monoisotopic (exact) mass is 236 g/mol. The molecule has 0 unspecified atom stereocenters. The molecule has 0 spiro atoms. The maximum absolute atomic E-state index is 5.61. The largest absolute Gasteiger partial charge is 0.496 e. The maximum Gasteiger partial charge on any atom is 0.127 e. The summed E-state index contributed by atoms with van der Waals surface area (Å²) < 4.78 is 10.9. The van der Waals surface area contributed by atoms with Crippen LogP contribution in [0.25, 0.3) is 10.8 Å². The van der Waals surface area contributed by atoms with Gasteiger partial charge in [0.25, 0.3) is 0 Å². The van der Waals surface area contributed by atoms with Crippen LogP contribution in [0.5, 0.6) is 11.5 Å². The normalized spacial score (nSPS) is 10.4. The molecule has 0 radical (unpaired) electrons. The molecule has 0 fully saturated rings. The molecular weight excluding hydrogens is 224 g/mol. The van der Waals surface area contributed by atoms with Crippen LogP contribution in [0.1, 0.15) is 0 Å². The van der Waals surface area contributed by atoms with E-state index in [1.54, 1.807) is 7.11 Å². The summed E-state index contributed by atoms with van der Waals surface area (Å²) in [7, 11) is 1.67. The Morgan fingerprint density at radius 2 is 1.62 bits per heavy atom. The van der Waals surface area contributed by atoms with E-state index in [1.807, 2.05) is 36.4 Å². The van der Waals surface area contributed by atoms with E-state index in [1.165, 1.54) is 0 Å². The molecule has 0 aliphatic heterocycles. The molecule has 2 aromatic carbocycles. The minimum atomic E-state index is 0.486. The number of fused-ring (bicyclic) bond motifs is 1. The molecule has 0 aromatic heterocycles. The lowest BCUT2D eigenvalue weighted by Crippen LogP contribution is -1.98. The summed E-state index contributed by atoms with van der Waals surface area (Å²) in [4.78, 5) is 0. The lowest BCUT2D eigenvalue weighted by Gasteiger charge is -2.10. The summed E-state index contributed by atoms with van der Waals surface area (Å²) in [5.41, 5.74) is 0.